The first-order valence-corrected chi connectivity index (χ1v) is 13.5. The van der Waals surface area contributed by atoms with E-state index in [9.17, 15) is 0 Å². The highest BCUT2D eigenvalue weighted by atomic mass is 16.5. The Kier molecular flexibility index (Phi) is 10.8. The summed E-state index contributed by atoms with van der Waals surface area (Å²) < 4.78 is 12.3. The van der Waals surface area contributed by atoms with Crippen molar-refractivity contribution in [3.05, 3.63) is 131 Å². The van der Waals surface area contributed by atoms with Crippen molar-refractivity contribution in [2.45, 2.75) is 25.9 Å². The number of rotatable bonds is 15. The fraction of sp³-hybridized carbons (Fsp3) is 0.294. The summed E-state index contributed by atoms with van der Waals surface area (Å²) in [5, 5.41) is 0. The molecule has 0 aliphatic carbocycles. The second kappa shape index (κ2) is 15.0. The van der Waals surface area contributed by atoms with Gasteiger partial charge in [0, 0.05) is 37.3 Å². The second-order valence-electron chi connectivity index (χ2n) is 9.86. The molecule has 0 aliphatic rings. The van der Waals surface area contributed by atoms with E-state index in [4.69, 9.17) is 9.47 Å². The van der Waals surface area contributed by atoms with Crippen LogP contribution in [0.25, 0.3) is 0 Å². The van der Waals surface area contributed by atoms with Crippen LogP contribution in [-0.2, 0) is 25.9 Å². The molecule has 0 heterocycles. The highest BCUT2D eigenvalue weighted by Gasteiger charge is 2.09. The van der Waals surface area contributed by atoms with Crippen LogP contribution in [0.15, 0.2) is 109 Å². The molecule has 4 aromatic carbocycles. The Hall–Kier alpha value is -3.60. The summed E-state index contributed by atoms with van der Waals surface area (Å²) in [4.78, 5) is 4.69. The first-order valence-electron chi connectivity index (χ1n) is 13.5. The number of para-hydroxylation sites is 2. The van der Waals surface area contributed by atoms with E-state index >= 15 is 0 Å². The van der Waals surface area contributed by atoms with E-state index in [1.165, 1.54) is 22.3 Å². The molecule has 0 aromatic heterocycles. The van der Waals surface area contributed by atoms with Crippen molar-refractivity contribution < 1.29 is 9.47 Å². The fourth-order valence-corrected chi connectivity index (χ4v) is 4.52. The molecular weight excluding hydrogens is 468 g/mol. The smallest absolute Gasteiger partial charge is 0.123 e. The number of nitrogens with zero attached hydrogens (tertiary/aromatic N) is 2. The average molecular weight is 509 g/mol. The molecule has 0 N–H and O–H groups in total. The van der Waals surface area contributed by atoms with Crippen LogP contribution in [0, 0.1) is 0 Å². The van der Waals surface area contributed by atoms with Gasteiger partial charge in [-0.3, -0.25) is 0 Å². The number of hydrogen-bond donors (Lipinski definition) is 0. The van der Waals surface area contributed by atoms with Gasteiger partial charge in [0.2, 0.25) is 0 Å². The summed E-state index contributed by atoms with van der Waals surface area (Å²) in [6.45, 7) is 4.70. The van der Waals surface area contributed by atoms with E-state index in [0.29, 0.717) is 13.2 Å². The van der Waals surface area contributed by atoms with Gasteiger partial charge in [0.25, 0.3) is 0 Å². The van der Waals surface area contributed by atoms with Crippen LogP contribution < -0.4 is 9.47 Å². The molecule has 0 radical (unpaired) electrons. The van der Waals surface area contributed by atoms with E-state index in [-0.39, 0.29) is 0 Å². The molecule has 198 valence electrons. The van der Waals surface area contributed by atoms with Crippen LogP contribution in [0.2, 0.25) is 0 Å². The highest BCUT2D eigenvalue weighted by Crippen LogP contribution is 2.22. The largest absolute Gasteiger partial charge is 0.490 e. The van der Waals surface area contributed by atoms with Crippen molar-refractivity contribution in [1.29, 1.82) is 0 Å². The van der Waals surface area contributed by atoms with Crippen molar-refractivity contribution in [2.75, 3.05) is 40.4 Å². The molecule has 4 nitrogen and oxygen atoms in total. The van der Waals surface area contributed by atoms with Gasteiger partial charge < -0.3 is 19.3 Å². The normalized spacial score (nSPS) is 11.2. The third-order valence-corrected chi connectivity index (χ3v) is 6.67. The van der Waals surface area contributed by atoms with Gasteiger partial charge in [-0.25, -0.2) is 0 Å². The molecule has 0 saturated heterocycles. The third kappa shape index (κ3) is 9.05. The van der Waals surface area contributed by atoms with Crippen LogP contribution in [0.3, 0.4) is 0 Å². The first kappa shape index (κ1) is 27.4. The van der Waals surface area contributed by atoms with Gasteiger partial charge in [0.1, 0.15) is 24.7 Å². The summed E-state index contributed by atoms with van der Waals surface area (Å²) >= 11 is 0. The highest BCUT2D eigenvalue weighted by molar-refractivity contribution is 5.34. The Morgan fingerprint density at radius 2 is 0.842 bits per heavy atom. The quantitative estimate of drug-likeness (QED) is 0.171. The predicted octanol–water partition coefficient (Wildman–Crippen LogP) is 6.49. The molecule has 0 atom stereocenters. The van der Waals surface area contributed by atoms with Gasteiger partial charge in [-0.2, -0.15) is 0 Å². The lowest BCUT2D eigenvalue weighted by atomic mass is 10.1. The van der Waals surface area contributed by atoms with Crippen LogP contribution in [0.4, 0.5) is 0 Å². The van der Waals surface area contributed by atoms with Crippen molar-refractivity contribution in [3.63, 3.8) is 0 Å². The number of ether oxygens (including phenoxy) is 2. The molecular formula is C34H40N2O2. The van der Waals surface area contributed by atoms with E-state index in [2.05, 4.69) is 121 Å². The van der Waals surface area contributed by atoms with E-state index in [1.54, 1.807) is 0 Å². The maximum absolute atomic E-state index is 6.17. The van der Waals surface area contributed by atoms with Gasteiger partial charge in [-0.05, 0) is 50.2 Å². The van der Waals surface area contributed by atoms with Crippen LogP contribution >= 0.6 is 0 Å². The zero-order valence-electron chi connectivity index (χ0n) is 22.8. The van der Waals surface area contributed by atoms with Crippen LogP contribution in [-0.4, -0.2) is 50.2 Å². The molecule has 4 rings (SSSR count). The lowest BCUT2D eigenvalue weighted by Gasteiger charge is -2.20. The number of hydrogen-bond acceptors (Lipinski definition) is 4. The minimum Gasteiger partial charge on any atom is -0.490 e. The zero-order chi connectivity index (χ0) is 26.4. The summed E-state index contributed by atoms with van der Waals surface area (Å²) in [6.07, 6.45) is 2.07. The SMILES string of the molecule is CN(CCc1ccccc1)Cc1ccccc1OCCOc1ccccc1CN(C)CCc1ccccc1. The molecule has 0 unspecified atom stereocenters. The van der Waals surface area contributed by atoms with Crippen molar-refractivity contribution >= 4 is 0 Å². The van der Waals surface area contributed by atoms with Crippen molar-refractivity contribution in [1.82, 2.24) is 9.80 Å². The Balaban J connectivity index is 1.23. The molecule has 0 aliphatic heterocycles. The zero-order valence-corrected chi connectivity index (χ0v) is 22.8. The van der Waals surface area contributed by atoms with Gasteiger partial charge in [-0.1, -0.05) is 97.1 Å². The fourth-order valence-electron chi connectivity index (χ4n) is 4.52. The Bertz CT molecular complexity index is 1120. The molecule has 0 bridgehead atoms. The Morgan fingerprint density at radius 3 is 1.26 bits per heavy atom. The maximum atomic E-state index is 6.17. The van der Waals surface area contributed by atoms with Crippen molar-refractivity contribution in [3.8, 4) is 11.5 Å². The Morgan fingerprint density at radius 1 is 0.474 bits per heavy atom. The molecule has 4 heteroatoms. The molecule has 0 spiro atoms. The molecule has 4 aromatic rings. The van der Waals surface area contributed by atoms with Crippen molar-refractivity contribution in [2.24, 2.45) is 0 Å². The minimum atomic E-state index is 0.503. The summed E-state index contributed by atoms with van der Waals surface area (Å²) in [5.74, 6) is 1.85. The average Bonchev–Trinajstić information content (AvgIpc) is 2.96. The molecule has 0 saturated carbocycles. The lowest BCUT2D eigenvalue weighted by molar-refractivity contribution is 0.210. The van der Waals surface area contributed by atoms with Gasteiger partial charge in [0.15, 0.2) is 0 Å². The summed E-state index contributed by atoms with van der Waals surface area (Å²) in [7, 11) is 4.33. The second-order valence-corrected chi connectivity index (χ2v) is 9.86. The van der Waals surface area contributed by atoms with Crippen LogP contribution in [0.1, 0.15) is 22.3 Å². The molecule has 0 amide bonds. The van der Waals surface area contributed by atoms with Gasteiger partial charge >= 0.3 is 0 Å². The first-order chi connectivity index (χ1) is 18.7. The van der Waals surface area contributed by atoms with E-state index in [0.717, 1.165) is 50.5 Å². The topological polar surface area (TPSA) is 24.9 Å². The Labute approximate surface area is 228 Å². The number of likely N-dealkylation sites (N-methyl/N-ethyl adjacent to an activating group) is 2. The molecule has 38 heavy (non-hydrogen) atoms. The monoisotopic (exact) mass is 508 g/mol. The predicted molar refractivity (Wildman–Crippen MR) is 157 cm³/mol. The third-order valence-electron chi connectivity index (χ3n) is 6.67. The van der Waals surface area contributed by atoms with E-state index in [1.807, 2.05) is 12.1 Å². The van der Waals surface area contributed by atoms with Crippen LogP contribution in [0.5, 0.6) is 11.5 Å². The van der Waals surface area contributed by atoms with Gasteiger partial charge in [0.05, 0.1) is 0 Å². The summed E-state index contributed by atoms with van der Waals surface area (Å²) in [6, 6.07) is 37.9. The minimum absolute atomic E-state index is 0.503. The number of benzene rings is 4. The molecule has 0 fully saturated rings. The van der Waals surface area contributed by atoms with Gasteiger partial charge in [-0.15, -0.1) is 0 Å². The maximum Gasteiger partial charge on any atom is 0.123 e. The van der Waals surface area contributed by atoms with E-state index < -0.39 is 0 Å². The summed E-state index contributed by atoms with van der Waals surface area (Å²) in [5.41, 5.74) is 5.12. The lowest BCUT2D eigenvalue weighted by Crippen LogP contribution is -2.22. The standard InChI is InChI=1S/C34H40N2O2/c1-35(23-21-29-13-5-3-6-14-29)27-31-17-9-11-19-33(31)37-25-26-38-34-20-12-10-18-32(34)28-36(2)24-22-30-15-7-4-8-16-30/h3-20H,21-28H2,1-2H3.